The first-order chi connectivity index (χ1) is 11.2. The van der Waals surface area contributed by atoms with Crippen molar-refractivity contribution in [3.8, 4) is 5.75 Å². The van der Waals surface area contributed by atoms with E-state index in [9.17, 15) is 0 Å². The Kier molecular flexibility index (Phi) is 4.86. The minimum Gasteiger partial charge on any atom is -0.495 e. The van der Waals surface area contributed by atoms with Crippen LogP contribution in [0.3, 0.4) is 0 Å². The molecule has 0 aliphatic carbocycles. The Labute approximate surface area is 138 Å². The number of anilines is 1. The molecule has 0 unspecified atom stereocenters. The summed E-state index contributed by atoms with van der Waals surface area (Å²) in [5.74, 6) is 0.956. The van der Waals surface area contributed by atoms with Gasteiger partial charge in [-0.1, -0.05) is 12.1 Å². The number of aromatic nitrogens is 2. The highest BCUT2D eigenvalue weighted by molar-refractivity contribution is 5.58. The van der Waals surface area contributed by atoms with Gasteiger partial charge in [-0.2, -0.15) is 5.10 Å². The van der Waals surface area contributed by atoms with E-state index in [4.69, 9.17) is 4.74 Å². The number of methoxy groups -OCH3 is 1. The van der Waals surface area contributed by atoms with Gasteiger partial charge in [-0.15, -0.1) is 0 Å². The average Bonchev–Trinajstić information content (AvgIpc) is 3.04. The molecule has 124 valence electrons. The van der Waals surface area contributed by atoms with E-state index in [1.54, 1.807) is 7.11 Å². The van der Waals surface area contributed by atoms with E-state index in [-0.39, 0.29) is 0 Å². The fraction of sp³-hybridized carbons (Fsp3) is 0.500. The normalized spacial score (nSPS) is 19.1. The van der Waals surface area contributed by atoms with Gasteiger partial charge in [0.05, 0.1) is 19.0 Å². The van der Waals surface area contributed by atoms with Gasteiger partial charge in [0, 0.05) is 50.5 Å². The highest BCUT2D eigenvalue weighted by Gasteiger charge is 2.25. The first kappa shape index (κ1) is 15.9. The summed E-state index contributed by atoms with van der Waals surface area (Å²) in [4.78, 5) is 4.96. The predicted octanol–water partition coefficient (Wildman–Crippen LogP) is 2.62. The van der Waals surface area contributed by atoms with Gasteiger partial charge in [0.15, 0.2) is 0 Å². The van der Waals surface area contributed by atoms with Crippen LogP contribution in [-0.2, 0) is 13.1 Å². The molecule has 0 amide bonds. The molecule has 1 aromatic heterocycles. The van der Waals surface area contributed by atoms with Crippen molar-refractivity contribution in [1.29, 1.82) is 0 Å². The maximum atomic E-state index is 5.51. The Morgan fingerprint density at radius 3 is 2.78 bits per heavy atom. The van der Waals surface area contributed by atoms with Crippen LogP contribution in [0, 0.1) is 0 Å². The smallest absolute Gasteiger partial charge is 0.142 e. The summed E-state index contributed by atoms with van der Waals surface area (Å²) in [5.41, 5.74) is 2.49. The van der Waals surface area contributed by atoms with Gasteiger partial charge in [-0.05, 0) is 26.0 Å². The zero-order chi connectivity index (χ0) is 16.2. The van der Waals surface area contributed by atoms with Crippen LogP contribution in [0.1, 0.15) is 19.4 Å². The zero-order valence-electron chi connectivity index (χ0n) is 14.3. The molecule has 5 heteroatoms. The fourth-order valence-corrected chi connectivity index (χ4v) is 3.24. The number of hydrogen-bond acceptors (Lipinski definition) is 4. The third-order valence-electron chi connectivity index (χ3n) is 4.59. The molecule has 1 aromatic carbocycles. The lowest BCUT2D eigenvalue weighted by molar-refractivity contribution is 0.180. The van der Waals surface area contributed by atoms with E-state index in [2.05, 4.69) is 47.1 Å². The van der Waals surface area contributed by atoms with Gasteiger partial charge >= 0.3 is 0 Å². The van der Waals surface area contributed by atoms with Gasteiger partial charge in [-0.3, -0.25) is 9.58 Å². The lowest BCUT2D eigenvalue weighted by Gasteiger charge is -2.41. The standard InChI is InChI=1S/C18H26N4O/c1-4-22-14-16(11-19-22)13-20-9-10-21(12-15(20)2)17-7-5-6-8-18(17)23-3/h5-8,11,14-15H,4,9-10,12-13H2,1-3H3/t15-/m0/s1. The molecule has 2 aromatic rings. The summed E-state index contributed by atoms with van der Waals surface area (Å²) in [5, 5.41) is 4.37. The van der Waals surface area contributed by atoms with E-state index in [0.29, 0.717) is 6.04 Å². The van der Waals surface area contributed by atoms with Gasteiger partial charge in [-0.25, -0.2) is 0 Å². The van der Waals surface area contributed by atoms with Crippen LogP contribution in [0.5, 0.6) is 5.75 Å². The van der Waals surface area contributed by atoms with E-state index >= 15 is 0 Å². The summed E-state index contributed by atoms with van der Waals surface area (Å²) in [6.07, 6.45) is 4.14. The Balaban J connectivity index is 1.65. The second-order valence-electron chi connectivity index (χ2n) is 6.14. The largest absolute Gasteiger partial charge is 0.495 e. The van der Waals surface area contributed by atoms with Crippen LogP contribution in [0.15, 0.2) is 36.7 Å². The number of rotatable bonds is 5. The quantitative estimate of drug-likeness (QED) is 0.849. The molecule has 1 fully saturated rings. The van der Waals surface area contributed by atoms with Gasteiger partial charge in [0.2, 0.25) is 0 Å². The molecule has 0 radical (unpaired) electrons. The number of piperazine rings is 1. The average molecular weight is 314 g/mol. The Morgan fingerprint density at radius 1 is 1.26 bits per heavy atom. The number of hydrogen-bond donors (Lipinski definition) is 0. The molecule has 0 bridgehead atoms. The van der Waals surface area contributed by atoms with Crippen molar-refractivity contribution in [3.63, 3.8) is 0 Å². The predicted molar refractivity (Wildman–Crippen MR) is 93.0 cm³/mol. The topological polar surface area (TPSA) is 33.5 Å². The lowest BCUT2D eigenvalue weighted by atomic mass is 10.1. The first-order valence-electron chi connectivity index (χ1n) is 8.34. The zero-order valence-corrected chi connectivity index (χ0v) is 14.3. The molecule has 3 rings (SSSR count). The van der Waals surface area contributed by atoms with Gasteiger partial charge in [0.1, 0.15) is 5.75 Å². The van der Waals surface area contributed by atoms with Crippen molar-refractivity contribution in [1.82, 2.24) is 14.7 Å². The highest BCUT2D eigenvalue weighted by atomic mass is 16.5. The summed E-state index contributed by atoms with van der Waals surface area (Å²) >= 11 is 0. The number of para-hydroxylation sites is 2. The second-order valence-corrected chi connectivity index (χ2v) is 6.14. The molecule has 0 spiro atoms. The summed E-state index contributed by atoms with van der Waals surface area (Å²) in [6, 6.07) is 8.78. The molecule has 2 heterocycles. The lowest BCUT2D eigenvalue weighted by Crippen LogP contribution is -2.51. The molecule has 5 nitrogen and oxygen atoms in total. The van der Waals surface area contributed by atoms with Crippen LogP contribution in [-0.4, -0.2) is 47.5 Å². The third-order valence-corrected chi connectivity index (χ3v) is 4.59. The van der Waals surface area contributed by atoms with Crippen molar-refractivity contribution in [2.24, 2.45) is 0 Å². The molecule has 23 heavy (non-hydrogen) atoms. The maximum absolute atomic E-state index is 5.51. The molecule has 1 atom stereocenters. The molecular formula is C18H26N4O. The molecule has 1 saturated heterocycles. The fourth-order valence-electron chi connectivity index (χ4n) is 3.24. The summed E-state index contributed by atoms with van der Waals surface area (Å²) in [7, 11) is 1.74. The van der Waals surface area contributed by atoms with Crippen molar-refractivity contribution < 1.29 is 4.74 Å². The highest BCUT2D eigenvalue weighted by Crippen LogP contribution is 2.29. The number of ether oxygens (including phenoxy) is 1. The van der Waals surface area contributed by atoms with Crippen molar-refractivity contribution in [2.45, 2.75) is 33.0 Å². The molecule has 0 N–H and O–H groups in total. The van der Waals surface area contributed by atoms with Crippen LogP contribution in [0.2, 0.25) is 0 Å². The number of benzene rings is 1. The van der Waals surface area contributed by atoms with E-state index in [0.717, 1.165) is 38.5 Å². The molecular weight excluding hydrogens is 288 g/mol. The van der Waals surface area contributed by atoms with Crippen molar-refractivity contribution >= 4 is 5.69 Å². The Bertz CT molecular complexity index is 639. The van der Waals surface area contributed by atoms with Crippen LogP contribution < -0.4 is 9.64 Å². The number of aryl methyl sites for hydroxylation is 1. The molecule has 1 aliphatic rings. The summed E-state index contributed by atoms with van der Waals surface area (Å²) in [6.45, 7) is 9.40. The molecule has 0 saturated carbocycles. The minimum atomic E-state index is 0.499. The van der Waals surface area contributed by atoms with Crippen LogP contribution >= 0.6 is 0 Å². The van der Waals surface area contributed by atoms with E-state index < -0.39 is 0 Å². The maximum Gasteiger partial charge on any atom is 0.142 e. The first-order valence-corrected chi connectivity index (χ1v) is 8.34. The summed E-state index contributed by atoms with van der Waals surface area (Å²) < 4.78 is 7.50. The third kappa shape index (κ3) is 3.50. The Hall–Kier alpha value is -2.01. The molecule has 1 aliphatic heterocycles. The van der Waals surface area contributed by atoms with E-state index in [1.807, 2.05) is 23.0 Å². The van der Waals surface area contributed by atoms with Gasteiger partial charge in [0.25, 0.3) is 0 Å². The van der Waals surface area contributed by atoms with Gasteiger partial charge < -0.3 is 9.64 Å². The SMILES string of the molecule is CCn1cc(CN2CCN(c3ccccc3OC)C[C@@H]2C)cn1. The van der Waals surface area contributed by atoms with Crippen molar-refractivity contribution in [2.75, 3.05) is 31.6 Å². The van der Waals surface area contributed by atoms with Crippen LogP contribution in [0.4, 0.5) is 5.69 Å². The Morgan fingerprint density at radius 2 is 2.09 bits per heavy atom. The van der Waals surface area contributed by atoms with E-state index in [1.165, 1.54) is 11.3 Å². The van der Waals surface area contributed by atoms with Crippen LogP contribution in [0.25, 0.3) is 0 Å². The monoisotopic (exact) mass is 314 g/mol. The second kappa shape index (κ2) is 7.04. The minimum absolute atomic E-state index is 0.499. The number of nitrogens with zero attached hydrogens (tertiary/aromatic N) is 4. The van der Waals surface area contributed by atoms with Crippen molar-refractivity contribution in [3.05, 3.63) is 42.2 Å².